The number of nitrogens with zero attached hydrogens (tertiary/aromatic N) is 4. The third kappa shape index (κ3) is 3.81. The van der Waals surface area contributed by atoms with Crippen molar-refractivity contribution in [3.8, 4) is 6.07 Å². The van der Waals surface area contributed by atoms with Crippen molar-refractivity contribution in [2.24, 2.45) is 11.8 Å². The Bertz CT molecular complexity index is 737. The third-order valence-corrected chi connectivity index (χ3v) is 6.89. The molecule has 0 bridgehead atoms. The van der Waals surface area contributed by atoms with Gasteiger partial charge in [0.05, 0.1) is 5.56 Å². The average molecular weight is 367 g/mol. The molecule has 0 radical (unpaired) electrons. The van der Waals surface area contributed by atoms with E-state index in [1.807, 2.05) is 4.90 Å². The number of fused-ring (bicyclic) bond motifs is 1. The quantitative estimate of drug-likeness (QED) is 0.806. The van der Waals surface area contributed by atoms with Gasteiger partial charge in [-0.1, -0.05) is 0 Å². The number of anilines is 1. The highest BCUT2D eigenvalue weighted by Gasteiger charge is 2.31. The monoisotopic (exact) mass is 366 g/mol. The zero-order valence-electron chi connectivity index (χ0n) is 16.4. The molecule has 1 aliphatic carbocycles. The predicted octanol–water partition coefficient (Wildman–Crippen LogP) is 3.31. The van der Waals surface area contributed by atoms with Crippen molar-refractivity contribution in [1.82, 2.24) is 9.88 Å². The van der Waals surface area contributed by atoms with E-state index in [1.54, 1.807) is 6.92 Å². The number of piperidine rings is 2. The van der Waals surface area contributed by atoms with Crippen LogP contribution in [-0.4, -0.2) is 42.0 Å². The Kier molecular flexibility index (Phi) is 5.33. The van der Waals surface area contributed by atoms with E-state index in [0.29, 0.717) is 0 Å². The summed E-state index contributed by atoms with van der Waals surface area (Å²) >= 11 is 0. The first-order valence-electron chi connectivity index (χ1n) is 10.6. The Morgan fingerprint density at radius 2 is 1.70 bits per heavy atom. The Hall–Kier alpha value is -2.09. The summed E-state index contributed by atoms with van der Waals surface area (Å²) in [7, 11) is 0. The average Bonchev–Trinajstić information content (AvgIpc) is 2.73. The minimum atomic E-state index is 0.214. The van der Waals surface area contributed by atoms with Gasteiger partial charge in [-0.05, 0) is 74.8 Å². The number of pyridine rings is 1. The largest absolute Gasteiger partial charge is 0.355 e. The topological polar surface area (TPSA) is 60.2 Å². The maximum atomic E-state index is 11.5. The number of likely N-dealkylation sites (tertiary alicyclic amines) is 1. The molecule has 4 rings (SSSR count). The molecule has 1 aromatic heterocycles. The zero-order valence-corrected chi connectivity index (χ0v) is 16.4. The van der Waals surface area contributed by atoms with Gasteiger partial charge in [0.1, 0.15) is 11.9 Å². The van der Waals surface area contributed by atoms with E-state index in [0.717, 1.165) is 75.1 Å². The van der Waals surface area contributed by atoms with Gasteiger partial charge in [0.25, 0.3) is 0 Å². The molecular formula is C22H30N4O. The van der Waals surface area contributed by atoms with Crippen LogP contribution in [0.2, 0.25) is 0 Å². The van der Waals surface area contributed by atoms with Crippen molar-refractivity contribution in [3.63, 3.8) is 0 Å². The number of hydrogen-bond donors (Lipinski definition) is 0. The van der Waals surface area contributed by atoms with Crippen LogP contribution in [0.5, 0.6) is 0 Å². The lowest BCUT2D eigenvalue weighted by Crippen LogP contribution is -2.42. The van der Waals surface area contributed by atoms with Crippen LogP contribution < -0.4 is 4.90 Å². The fraction of sp³-hybridized carbons (Fsp3) is 0.682. The zero-order chi connectivity index (χ0) is 18.8. The van der Waals surface area contributed by atoms with Crippen LogP contribution in [-0.2, 0) is 17.6 Å². The lowest BCUT2D eigenvalue weighted by Gasteiger charge is -2.40. The summed E-state index contributed by atoms with van der Waals surface area (Å²) in [6.45, 7) is 5.52. The van der Waals surface area contributed by atoms with Gasteiger partial charge >= 0.3 is 0 Å². The summed E-state index contributed by atoms with van der Waals surface area (Å²) in [5.41, 5.74) is 3.26. The molecule has 0 unspecified atom stereocenters. The smallest absolute Gasteiger partial charge is 0.219 e. The molecule has 27 heavy (non-hydrogen) atoms. The van der Waals surface area contributed by atoms with Gasteiger partial charge in [-0.2, -0.15) is 5.26 Å². The van der Waals surface area contributed by atoms with Gasteiger partial charge in [0, 0.05) is 38.8 Å². The van der Waals surface area contributed by atoms with Crippen molar-refractivity contribution >= 4 is 11.7 Å². The van der Waals surface area contributed by atoms with E-state index in [4.69, 9.17) is 4.98 Å². The minimum Gasteiger partial charge on any atom is -0.355 e. The molecule has 0 spiro atoms. The van der Waals surface area contributed by atoms with E-state index >= 15 is 0 Å². The molecule has 2 fully saturated rings. The van der Waals surface area contributed by atoms with E-state index in [-0.39, 0.29) is 5.91 Å². The van der Waals surface area contributed by atoms with Crippen LogP contribution in [0.25, 0.3) is 0 Å². The molecule has 2 saturated heterocycles. The number of aromatic nitrogens is 1. The summed E-state index contributed by atoms with van der Waals surface area (Å²) in [5.74, 6) is 2.63. The first kappa shape index (κ1) is 18.3. The lowest BCUT2D eigenvalue weighted by atomic mass is 9.78. The van der Waals surface area contributed by atoms with E-state index in [1.165, 1.54) is 36.9 Å². The summed E-state index contributed by atoms with van der Waals surface area (Å²) < 4.78 is 0. The van der Waals surface area contributed by atoms with Crippen LogP contribution in [0.15, 0.2) is 6.07 Å². The highest BCUT2D eigenvalue weighted by molar-refractivity contribution is 5.73. The minimum absolute atomic E-state index is 0.214. The second-order valence-electron chi connectivity index (χ2n) is 8.45. The maximum absolute atomic E-state index is 11.5. The van der Waals surface area contributed by atoms with Gasteiger partial charge in [0.2, 0.25) is 5.91 Å². The number of aryl methyl sites for hydroxylation is 2. The van der Waals surface area contributed by atoms with Gasteiger partial charge in [-0.3, -0.25) is 4.79 Å². The molecule has 2 aliphatic heterocycles. The fourth-order valence-corrected chi connectivity index (χ4v) is 5.21. The molecule has 1 amide bonds. The van der Waals surface area contributed by atoms with Gasteiger partial charge in [-0.15, -0.1) is 0 Å². The van der Waals surface area contributed by atoms with Crippen LogP contribution >= 0.6 is 0 Å². The maximum Gasteiger partial charge on any atom is 0.219 e. The van der Waals surface area contributed by atoms with Crippen LogP contribution in [0.1, 0.15) is 62.3 Å². The molecule has 144 valence electrons. The molecular weight excluding hydrogens is 336 g/mol. The number of carbonyl (C=O) groups excluding carboxylic acids is 1. The Morgan fingerprint density at radius 3 is 2.33 bits per heavy atom. The Balaban J connectivity index is 1.40. The van der Waals surface area contributed by atoms with E-state index in [2.05, 4.69) is 17.0 Å². The molecule has 3 heterocycles. The second kappa shape index (κ2) is 7.88. The molecule has 1 aromatic rings. The second-order valence-corrected chi connectivity index (χ2v) is 8.45. The molecule has 5 nitrogen and oxygen atoms in total. The van der Waals surface area contributed by atoms with Gasteiger partial charge in [-0.25, -0.2) is 4.98 Å². The first-order chi connectivity index (χ1) is 13.2. The highest BCUT2D eigenvalue weighted by atomic mass is 16.2. The lowest BCUT2D eigenvalue weighted by molar-refractivity contribution is -0.130. The molecule has 0 aromatic carbocycles. The van der Waals surface area contributed by atoms with Crippen LogP contribution in [0, 0.1) is 23.2 Å². The number of hydrogen-bond acceptors (Lipinski definition) is 4. The Morgan fingerprint density at radius 1 is 1.07 bits per heavy atom. The molecule has 3 aliphatic rings. The first-order valence-corrected chi connectivity index (χ1v) is 10.6. The van der Waals surface area contributed by atoms with Crippen molar-refractivity contribution in [1.29, 1.82) is 5.26 Å². The normalized spacial score (nSPS) is 21.6. The summed E-state index contributed by atoms with van der Waals surface area (Å²) in [6, 6.07) is 4.49. The van der Waals surface area contributed by atoms with E-state index < -0.39 is 0 Å². The van der Waals surface area contributed by atoms with Gasteiger partial charge < -0.3 is 9.80 Å². The highest BCUT2D eigenvalue weighted by Crippen LogP contribution is 2.35. The van der Waals surface area contributed by atoms with Crippen molar-refractivity contribution in [2.45, 2.75) is 58.3 Å². The summed E-state index contributed by atoms with van der Waals surface area (Å²) in [4.78, 5) is 20.8. The van der Waals surface area contributed by atoms with Crippen molar-refractivity contribution < 1.29 is 4.79 Å². The standard InChI is InChI=1S/C22H30N4O/c1-16(27)25-10-6-17(7-11-25)18-8-12-26(13-9-18)22-20(15-23)14-19-4-2-3-5-21(19)24-22/h14,17-18H,2-13H2,1H3. The summed E-state index contributed by atoms with van der Waals surface area (Å²) in [6.07, 6.45) is 9.19. The van der Waals surface area contributed by atoms with Crippen molar-refractivity contribution in [3.05, 3.63) is 22.9 Å². The molecule has 0 saturated carbocycles. The SMILES string of the molecule is CC(=O)N1CCC(C2CCN(c3nc4c(cc3C#N)CCCC4)CC2)CC1. The predicted molar refractivity (Wildman–Crippen MR) is 106 cm³/mol. The fourth-order valence-electron chi connectivity index (χ4n) is 5.21. The molecule has 5 heteroatoms. The number of amides is 1. The molecule has 0 N–H and O–H groups in total. The molecule has 0 atom stereocenters. The van der Waals surface area contributed by atoms with Crippen LogP contribution in [0.3, 0.4) is 0 Å². The van der Waals surface area contributed by atoms with E-state index in [9.17, 15) is 10.1 Å². The number of nitriles is 1. The Labute approximate surface area is 162 Å². The van der Waals surface area contributed by atoms with Gasteiger partial charge in [0.15, 0.2) is 0 Å². The summed E-state index contributed by atoms with van der Waals surface area (Å²) in [5, 5.41) is 9.63. The van der Waals surface area contributed by atoms with Crippen LogP contribution in [0.4, 0.5) is 5.82 Å². The van der Waals surface area contributed by atoms with Crippen molar-refractivity contribution in [2.75, 3.05) is 31.1 Å². The number of rotatable bonds is 2. The number of carbonyl (C=O) groups is 1. The third-order valence-electron chi connectivity index (χ3n) is 6.89.